The number of nitrogens with zero attached hydrogens (tertiary/aromatic N) is 3. The van der Waals surface area contributed by atoms with Crippen molar-refractivity contribution in [2.45, 2.75) is 26.3 Å². The molecule has 5 heteroatoms. The van der Waals surface area contributed by atoms with Crippen molar-refractivity contribution < 1.29 is 4.79 Å². The Labute approximate surface area is 159 Å². The van der Waals surface area contributed by atoms with Crippen molar-refractivity contribution in [1.29, 1.82) is 0 Å². The Balaban J connectivity index is 1.40. The van der Waals surface area contributed by atoms with Crippen LogP contribution in [0.25, 0.3) is 11.0 Å². The molecule has 4 rings (SSSR count). The zero-order valence-corrected chi connectivity index (χ0v) is 15.6. The first-order valence-electron chi connectivity index (χ1n) is 9.49. The average Bonchev–Trinajstić information content (AvgIpc) is 2.73. The SMILES string of the molecule is Cc1ccc(CNC(=O)[C@@H]2CCCN(c3cnc4ccccc4n3)C2)cc1. The largest absolute Gasteiger partial charge is 0.355 e. The molecule has 1 atom stereocenters. The van der Waals surface area contributed by atoms with Crippen molar-refractivity contribution in [3.05, 3.63) is 65.9 Å². The van der Waals surface area contributed by atoms with Crippen molar-refractivity contribution in [2.75, 3.05) is 18.0 Å². The Morgan fingerprint density at radius 3 is 2.74 bits per heavy atom. The highest BCUT2D eigenvalue weighted by atomic mass is 16.1. The van der Waals surface area contributed by atoms with E-state index in [-0.39, 0.29) is 11.8 Å². The summed E-state index contributed by atoms with van der Waals surface area (Å²) in [5, 5.41) is 3.09. The lowest BCUT2D eigenvalue weighted by molar-refractivity contribution is -0.125. The van der Waals surface area contributed by atoms with E-state index in [2.05, 4.69) is 46.4 Å². The number of aromatic nitrogens is 2. The molecule has 1 saturated heterocycles. The summed E-state index contributed by atoms with van der Waals surface area (Å²) in [7, 11) is 0. The van der Waals surface area contributed by atoms with Crippen molar-refractivity contribution in [2.24, 2.45) is 5.92 Å². The molecule has 0 radical (unpaired) electrons. The van der Waals surface area contributed by atoms with Gasteiger partial charge in [-0.15, -0.1) is 0 Å². The van der Waals surface area contributed by atoms with E-state index in [1.807, 2.05) is 30.5 Å². The van der Waals surface area contributed by atoms with Gasteiger partial charge in [-0.05, 0) is 37.5 Å². The maximum absolute atomic E-state index is 12.7. The summed E-state index contributed by atoms with van der Waals surface area (Å²) in [5.74, 6) is 0.955. The monoisotopic (exact) mass is 360 g/mol. The highest BCUT2D eigenvalue weighted by molar-refractivity contribution is 5.80. The normalized spacial score (nSPS) is 17.1. The maximum atomic E-state index is 12.7. The number of hydrogen-bond donors (Lipinski definition) is 1. The number of carbonyl (C=O) groups is 1. The molecule has 0 bridgehead atoms. The van der Waals surface area contributed by atoms with Gasteiger partial charge in [0.1, 0.15) is 5.82 Å². The van der Waals surface area contributed by atoms with Gasteiger partial charge in [0.05, 0.1) is 23.1 Å². The number of fused-ring (bicyclic) bond motifs is 1. The molecular formula is C22H24N4O. The molecule has 138 valence electrons. The van der Waals surface area contributed by atoms with Gasteiger partial charge in [-0.1, -0.05) is 42.0 Å². The smallest absolute Gasteiger partial charge is 0.225 e. The van der Waals surface area contributed by atoms with Gasteiger partial charge < -0.3 is 10.2 Å². The number of para-hydroxylation sites is 2. The van der Waals surface area contributed by atoms with Crippen LogP contribution in [0.2, 0.25) is 0 Å². The molecule has 1 fully saturated rings. The number of rotatable bonds is 4. The fourth-order valence-electron chi connectivity index (χ4n) is 3.54. The number of piperidine rings is 1. The van der Waals surface area contributed by atoms with Gasteiger partial charge in [0.15, 0.2) is 0 Å². The Morgan fingerprint density at radius 2 is 1.93 bits per heavy atom. The van der Waals surface area contributed by atoms with Gasteiger partial charge in [0.2, 0.25) is 5.91 Å². The highest BCUT2D eigenvalue weighted by Crippen LogP contribution is 2.23. The van der Waals surface area contributed by atoms with Crippen LogP contribution in [0.1, 0.15) is 24.0 Å². The molecule has 1 aliphatic rings. The molecule has 0 saturated carbocycles. The van der Waals surface area contributed by atoms with Crippen LogP contribution >= 0.6 is 0 Å². The third kappa shape index (κ3) is 4.08. The summed E-state index contributed by atoms with van der Waals surface area (Å²) in [5.41, 5.74) is 4.14. The zero-order valence-electron chi connectivity index (χ0n) is 15.6. The Hall–Kier alpha value is -2.95. The number of amides is 1. The number of nitrogens with one attached hydrogen (secondary N) is 1. The van der Waals surface area contributed by atoms with Crippen LogP contribution in [0.5, 0.6) is 0 Å². The molecule has 2 aromatic carbocycles. The minimum Gasteiger partial charge on any atom is -0.355 e. The Kier molecular flexibility index (Phi) is 5.01. The summed E-state index contributed by atoms with van der Waals surface area (Å²) in [6.45, 7) is 4.24. The summed E-state index contributed by atoms with van der Waals surface area (Å²) in [4.78, 5) is 24.1. The molecule has 0 aliphatic carbocycles. The number of anilines is 1. The van der Waals surface area contributed by atoms with Crippen LogP contribution in [0.3, 0.4) is 0 Å². The quantitative estimate of drug-likeness (QED) is 0.774. The van der Waals surface area contributed by atoms with Crippen LogP contribution in [0.4, 0.5) is 5.82 Å². The average molecular weight is 360 g/mol. The second kappa shape index (κ2) is 7.74. The van der Waals surface area contributed by atoms with Crippen LogP contribution in [-0.4, -0.2) is 29.0 Å². The first-order chi connectivity index (χ1) is 13.2. The van der Waals surface area contributed by atoms with Gasteiger partial charge in [-0.25, -0.2) is 4.98 Å². The Bertz CT molecular complexity index is 938. The van der Waals surface area contributed by atoms with Crippen molar-refractivity contribution >= 4 is 22.8 Å². The molecule has 1 amide bonds. The van der Waals surface area contributed by atoms with Crippen LogP contribution in [0, 0.1) is 12.8 Å². The van der Waals surface area contributed by atoms with Gasteiger partial charge in [0.25, 0.3) is 0 Å². The van der Waals surface area contributed by atoms with Crippen LogP contribution in [0.15, 0.2) is 54.7 Å². The predicted octanol–water partition coefficient (Wildman–Crippen LogP) is 3.47. The molecule has 3 aromatic rings. The minimum atomic E-state index is -0.0162. The lowest BCUT2D eigenvalue weighted by Gasteiger charge is -2.32. The number of hydrogen-bond acceptors (Lipinski definition) is 4. The van der Waals surface area contributed by atoms with Crippen molar-refractivity contribution in [3.8, 4) is 0 Å². The van der Waals surface area contributed by atoms with Gasteiger partial charge in [-0.3, -0.25) is 9.78 Å². The van der Waals surface area contributed by atoms with E-state index < -0.39 is 0 Å². The van der Waals surface area contributed by atoms with E-state index >= 15 is 0 Å². The number of aryl methyl sites for hydroxylation is 1. The summed E-state index contributed by atoms with van der Waals surface area (Å²) in [6.07, 6.45) is 3.71. The molecule has 1 aliphatic heterocycles. The third-order valence-electron chi connectivity index (χ3n) is 5.14. The first kappa shape index (κ1) is 17.5. The Morgan fingerprint density at radius 1 is 1.15 bits per heavy atom. The third-order valence-corrected chi connectivity index (χ3v) is 5.14. The zero-order chi connectivity index (χ0) is 18.6. The lowest BCUT2D eigenvalue weighted by atomic mass is 9.97. The van der Waals surface area contributed by atoms with Crippen molar-refractivity contribution in [1.82, 2.24) is 15.3 Å². The molecule has 0 spiro atoms. The standard InChI is InChI=1S/C22H24N4O/c1-16-8-10-17(11-9-16)13-24-22(27)18-5-4-12-26(15-18)21-14-23-19-6-2-3-7-20(19)25-21/h2-3,6-11,14,18H,4-5,12-13,15H2,1H3,(H,24,27)/t18-/m1/s1. The molecule has 2 heterocycles. The molecular weight excluding hydrogens is 336 g/mol. The fourth-order valence-corrected chi connectivity index (χ4v) is 3.54. The maximum Gasteiger partial charge on any atom is 0.225 e. The predicted molar refractivity (Wildman–Crippen MR) is 108 cm³/mol. The van der Waals surface area contributed by atoms with Gasteiger partial charge in [0, 0.05) is 19.6 Å². The summed E-state index contributed by atoms with van der Waals surface area (Å²) < 4.78 is 0. The number of carbonyl (C=O) groups excluding carboxylic acids is 1. The minimum absolute atomic E-state index is 0.0162. The van der Waals surface area contributed by atoms with Gasteiger partial charge >= 0.3 is 0 Å². The summed E-state index contributed by atoms with van der Waals surface area (Å²) >= 11 is 0. The van der Waals surface area contributed by atoms with Crippen LogP contribution in [-0.2, 0) is 11.3 Å². The second-order valence-corrected chi connectivity index (χ2v) is 7.21. The van der Waals surface area contributed by atoms with E-state index in [1.165, 1.54) is 5.56 Å². The van der Waals surface area contributed by atoms with Crippen LogP contribution < -0.4 is 10.2 Å². The van der Waals surface area contributed by atoms with Crippen molar-refractivity contribution in [3.63, 3.8) is 0 Å². The van der Waals surface area contributed by atoms with Gasteiger partial charge in [-0.2, -0.15) is 0 Å². The van der Waals surface area contributed by atoms with E-state index in [4.69, 9.17) is 4.98 Å². The lowest BCUT2D eigenvalue weighted by Crippen LogP contribution is -2.43. The van der Waals surface area contributed by atoms with E-state index in [0.29, 0.717) is 13.1 Å². The summed E-state index contributed by atoms with van der Waals surface area (Å²) in [6, 6.07) is 16.1. The molecule has 27 heavy (non-hydrogen) atoms. The fraction of sp³-hybridized carbons (Fsp3) is 0.318. The molecule has 1 N–H and O–H groups in total. The van der Waals surface area contributed by atoms with E-state index in [1.54, 1.807) is 0 Å². The second-order valence-electron chi connectivity index (χ2n) is 7.21. The first-order valence-corrected chi connectivity index (χ1v) is 9.49. The number of benzene rings is 2. The van der Waals surface area contributed by atoms with E-state index in [9.17, 15) is 4.79 Å². The molecule has 1 aromatic heterocycles. The highest BCUT2D eigenvalue weighted by Gasteiger charge is 2.26. The topological polar surface area (TPSA) is 58.1 Å². The van der Waals surface area contributed by atoms with E-state index in [0.717, 1.165) is 41.8 Å². The molecule has 0 unspecified atom stereocenters. The molecule has 5 nitrogen and oxygen atoms in total.